The third-order valence-electron chi connectivity index (χ3n) is 1.83. The van der Waals surface area contributed by atoms with Crippen molar-refractivity contribution in [2.75, 3.05) is 0 Å². The minimum atomic E-state index is -0.975. The molecule has 3 nitrogen and oxygen atoms in total. The van der Waals surface area contributed by atoms with Crippen LogP contribution in [0.4, 0.5) is 0 Å². The first-order valence-electron chi connectivity index (χ1n) is 4.11. The van der Waals surface area contributed by atoms with Crippen LogP contribution in [0.1, 0.15) is 9.80 Å². The summed E-state index contributed by atoms with van der Waals surface area (Å²) >= 11 is 3.36. The molecule has 2 aromatic rings. The maximum absolute atomic E-state index is 10.6. The Bertz CT molecular complexity index is 492. The third-order valence-corrected chi connectivity index (χ3v) is 3.38. The lowest BCUT2D eigenvalue weighted by atomic mass is 10.2. The van der Waals surface area contributed by atoms with Gasteiger partial charge in [0.1, 0.15) is 0 Å². The Balaban J connectivity index is 2.37. The molecule has 0 unspecified atom stereocenters. The van der Waals surface area contributed by atoms with E-state index in [1.54, 1.807) is 5.38 Å². The van der Waals surface area contributed by atoms with Gasteiger partial charge in [-0.2, -0.15) is 0 Å². The summed E-state index contributed by atoms with van der Waals surface area (Å²) in [7, 11) is 0. The zero-order chi connectivity index (χ0) is 10.8. The number of rotatable bonds is 2. The van der Waals surface area contributed by atoms with E-state index >= 15 is 0 Å². The van der Waals surface area contributed by atoms with Gasteiger partial charge in [0.05, 0.1) is 5.69 Å². The van der Waals surface area contributed by atoms with Crippen LogP contribution in [-0.2, 0) is 0 Å². The standard InChI is InChI=1S/C10H6INO2S/c11-7-3-1-6(2-4-7)8-5-15-9(12-8)10(13)14/h1-5H,(H,13,14). The monoisotopic (exact) mass is 331 g/mol. The van der Waals surface area contributed by atoms with Gasteiger partial charge in [-0.15, -0.1) is 11.3 Å². The molecule has 1 aromatic heterocycles. The highest BCUT2D eigenvalue weighted by molar-refractivity contribution is 14.1. The van der Waals surface area contributed by atoms with Crippen molar-refractivity contribution in [2.45, 2.75) is 0 Å². The summed E-state index contributed by atoms with van der Waals surface area (Å²) in [4.78, 5) is 14.7. The van der Waals surface area contributed by atoms with Crippen LogP contribution in [0.2, 0.25) is 0 Å². The molecule has 0 amide bonds. The molecule has 0 fully saturated rings. The van der Waals surface area contributed by atoms with Gasteiger partial charge in [-0.3, -0.25) is 0 Å². The SMILES string of the molecule is O=C(O)c1nc(-c2ccc(I)cc2)cs1. The zero-order valence-corrected chi connectivity index (χ0v) is 10.4. The maximum atomic E-state index is 10.6. The zero-order valence-electron chi connectivity index (χ0n) is 7.48. The number of aromatic carboxylic acids is 1. The molecule has 0 aliphatic heterocycles. The summed E-state index contributed by atoms with van der Waals surface area (Å²) in [5.41, 5.74) is 1.66. The van der Waals surface area contributed by atoms with Crippen molar-refractivity contribution in [3.63, 3.8) is 0 Å². The lowest BCUT2D eigenvalue weighted by molar-refractivity contribution is 0.0696. The Morgan fingerprint density at radius 3 is 2.53 bits per heavy atom. The van der Waals surface area contributed by atoms with Crippen LogP contribution >= 0.6 is 33.9 Å². The highest BCUT2D eigenvalue weighted by Gasteiger charge is 2.09. The van der Waals surface area contributed by atoms with Crippen molar-refractivity contribution in [2.24, 2.45) is 0 Å². The molecule has 76 valence electrons. The van der Waals surface area contributed by atoms with Gasteiger partial charge in [-0.25, -0.2) is 9.78 Å². The van der Waals surface area contributed by atoms with Crippen LogP contribution in [-0.4, -0.2) is 16.1 Å². The number of hydrogen-bond donors (Lipinski definition) is 1. The fourth-order valence-corrected chi connectivity index (χ4v) is 2.15. The van der Waals surface area contributed by atoms with Crippen LogP contribution in [0.25, 0.3) is 11.3 Å². The third kappa shape index (κ3) is 2.35. The van der Waals surface area contributed by atoms with Gasteiger partial charge >= 0.3 is 5.97 Å². The molecule has 0 bridgehead atoms. The van der Waals surface area contributed by atoms with E-state index in [4.69, 9.17) is 5.11 Å². The number of halogens is 1. The number of thiazole rings is 1. The number of carbonyl (C=O) groups is 1. The van der Waals surface area contributed by atoms with Crippen LogP contribution in [0.5, 0.6) is 0 Å². The first-order chi connectivity index (χ1) is 7.16. The second-order valence-electron chi connectivity index (χ2n) is 2.85. The first-order valence-corrected chi connectivity index (χ1v) is 6.07. The Hall–Kier alpha value is -0.950. The Morgan fingerprint density at radius 2 is 2.00 bits per heavy atom. The van der Waals surface area contributed by atoms with Gasteiger partial charge in [0.2, 0.25) is 5.01 Å². The second-order valence-corrected chi connectivity index (χ2v) is 4.95. The van der Waals surface area contributed by atoms with Crippen molar-refractivity contribution in [3.05, 3.63) is 38.2 Å². The van der Waals surface area contributed by atoms with E-state index in [1.165, 1.54) is 0 Å². The van der Waals surface area contributed by atoms with E-state index in [0.717, 1.165) is 20.5 Å². The van der Waals surface area contributed by atoms with Gasteiger partial charge in [0.15, 0.2) is 0 Å². The highest BCUT2D eigenvalue weighted by atomic mass is 127. The summed E-state index contributed by atoms with van der Waals surface area (Å²) in [6.45, 7) is 0. The Morgan fingerprint density at radius 1 is 1.33 bits per heavy atom. The normalized spacial score (nSPS) is 10.2. The summed E-state index contributed by atoms with van der Waals surface area (Å²) in [6, 6.07) is 7.80. The molecule has 0 saturated heterocycles. The van der Waals surface area contributed by atoms with Crippen LogP contribution < -0.4 is 0 Å². The van der Waals surface area contributed by atoms with Crippen LogP contribution in [0.3, 0.4) is 0 Å². The van der Waals surface area contributed by atoms with Gasteiger partial charge in [0.25, 0.3) is 0 Å². The average Bonchev–Trinajstić information content (AvgIpc) is 2.68. The minimum Gasteiger partial charge on any atom is -0.476 e. The van der Waals surface area contributed by atoms with Crippen molar-refractivity contribution < 1.29 is 9.90 Å². The van der Waals surface area contributed by atoms with Crippen molar-refractivity contribution in [1.29, 1.82) is 0 Å². The number of aromatic nitrogens is 1. The largest absolute Gasteiger partial charge is 0.476 e. The molecule has 0 saturated carbocycles. The highest BCUT2D eigenvalue weighted by Crippen LogP contribution is 2.22. The van der Waals surface area contributed by atoms with E-state index in [9.17, 15) is 4.79 Å². The summed E-state index contributed by atoms with van der Waals surface area (Å²) < 4.78 is 1.14. The van der Waals surface area contributed by atoms with E-state index in [1.807, 2.05) is 24.3 Å². The molecule has 0 radical (unpaired) electrons. The van der Waals surface area contributed by atoms with E-state index in [2.05, 4.69) is 27.6 Å². The number of nitrogens with zero attached hydrogens (tertiary/aromatic N) is 1. The summed E-state index contributed by atoms with van der Waals surface area (Å²) in [5, 5.41) is 10.6. The molecule has 0 aliphatic carbocycles. The smallest absolute Gasteiger partial charge is 0.365 e. The van der Waals surface area contributed by atoms with Gasteiger partial charge in [-0.1, -0.05) is 12.1 Å². The first kappa shape index (κ1) is 10.6. The molecular weight excluding hydrogens is 325 g/mol. The molecule has 0 aliphatic rings. The molecule has 15 heavy (non-hydrogen) atoms. The fraction of sp³-hybridized carbons (Fsp3) is 0. The van der Waals surface area contributed by atoms with Gasteiger partial charge in [0, 0.05) is 14.5 Å². The lowest BCUT2D eigenvalue weighted by Crippen LogP contribution is -1.94. The molecule has 1 aromatic carbocycles. The number of benzene rings is 1. The van der Waals surface area contributed by atoms with Crippen molar-refractivity contribution in [1.82, 2.24) is 4.98 Å². The average molecular weight is 331 g/mol. The lowest BCUT2D eigenvalue weighted by Gasteiger charge is -1.95. The Labute approximate surface area is 104 Å². The predicted octanol–water partition coefficient (Wildman–Crippen LogP) is 3.11. The molecule has 1 heterocycles. The minimum absolute atomic E-state index is 0.128. The van der Waals surface area contributed by atoms with E-state index in [-0.39, 0.29) is 5.01 Å². The van der Waals surface area contributed by atoms with E-state index in [0.29, 0.717) is 5.69 Å². The van der Waals surface area contributed by atoms with Gasteiger partial charge < -0.3 is 5.11 Å². The summed E-state index contributed by atoms with van der Waals surface area (Å²) in [5.74, 6) is -0.975. The topological polar surface area (TPSA) is 50.2 Å². The maximum Gasteiger partial charge on any atom is 0.365 e. The molecule has 0 spiro atoms. The predicted molar refractivity (Wildman–Crippen MR) is 67.2 cm³/mol. The van der Waals surface area contributed by atoms with Crippen LogP contribution in [0.15, 0.2) is 29.6 Å². The molecule has 0 atom stereocenters. The summed E-state index contributed by atoms with van der Waals surface area (Å²) in [6.07, 6.45) is 0. The molecule has 1 N–H and O–H groups in total. The molecular formula is C10H6INO2S. The van der Waals surface area contributed by atoms with Crippen LogP contribution in [0, 0.1) is 3.57 Å². The molecule has 5 heteroatoms. The van der Waals surface area contributed by atoms with Crippen molar-refractivity contribution in [3.8, 4) is 11.3 Å². The Kier molecular flexibility index (Phi) is 3.01. The van der Waals surface area contributed by atoms with Gasteiger partial charge in [-0.05, 0) is 34.7 Å². The second kappa shape index (κ2) is 4.28. The number of hydrogen-bond acceptors (Lipinski definition) is 3. The molecule has 2 rings (SSSR count). The van der Waals surface area contributed by atoms with E-state index < -0.39 is 5.97 Å². The number of carboxylic acid groups (broad SMARTS) is 1. The fourth-order valence-electron chi connectivity index (χ4n) is 1.13. The number of carboxylic acids is 1. The van der Waals surface area contributed by atoms with Crippen molar-refractivity contribution >= 4 is 39.9 Å². The quantitative estimate of drug-likeness (QED) is 0.861.